The predicted molar refractivity (Wildman–Crippen MR) is 106 cm³/mol. The van der Waals surface area contributed by atoms with Crippen LogP contribution in [0.1, 0.15) is 16.7 Å². The maximum atomic E-state index is 6.15. The van der Waals surface area contributed by atoms with Crippen molar-refractivity contribution in [3.05, 3.63) is 93.5 Å². The van der Waals surface area contributed by atoms with Gasteiger partial charge in [-0.05, 0) is 48.4 Å². The van der Waals surface area contributed by atoms with Gasteiger partial charge in [0.25, 0.3) is 0 Å². The Morgan fingerprint density at radius 3 is 2.56 bits per heavy atom. The van der Waals surface area contributed by atoms with E-state index in [2.05, 4.69) is 4.99 Å². The standard InChI is InChI=1S/C21H17Cl2NO/c1-15-9-10-18(12-21(15)23)24-13-16-5-4-7-19(11-16)25-14-17-6-2-3-8-20(17)22/h2-13H,14H2,1H3. The second-order valence-electron chi connectivity index (χ2n) is 5.64. The average molecular weight is 370 g/mol. The first-order valence-electron chi connectivity index (χ1n) is 7.88. The summed E-state index contributed by atoms with van der Waals surface area (Å²) < 4.78 is 5.83. The minimum Gasteiger partial charge on any atom is -0.489 e. The Morgan fingerprint density at radius 1 is 0.920 bits per heavy atom. The van der Waals surface area contributed by atoms with E-state index in [1.54, 1.807) is 6.21 Å². The van der Waals surface area contributed by atoms with E-state index in [1.165, 1.54) is 0 Å². The molecule has 0 atom stereocenters. The second kappa shape index (κ2) is 8.19. The molecule has 25 heavy (non-hydrogen) atoms. The fraction of sp³-hybridized carbons (Fsp3) is 0.0952. The Morgan fingerprint density at radius 2 is 1.76 bits per heavy atom. The van der Waals surface area contributed by atoms with Crippen molar-refractivity contribution in [1.29, 1.82) is 0 Å². The van der Waals surface area contributed by atoms with Crippen LogP contribution in [0, 0.1) is 6.92 Å². The van der Waals surface area contributed by atoms with Gasteiger partial charge in [-0.3, -0.25) is 4.99 Å². The zero-order valence-corrected chi connectivity index (χ0v) is 15.3. The number of ether oxygens (including phenoxy) is 1. The van der Waals surface area contributed by atoms with E-state index in [4.69, 9.17) is 27.9 Å². The van der Waals surface area contributed by atoms with Crippen molar-refractivity contribution < 1.29 is 4.74 Å². The van der Waals surface area contributed by atoms with Crippen molar-refractivity contribution in [2.75, 3.05) is 0 Å². The van der Waals surface area contributed by atoms with Crippen molar-refractivity contribution in [3.63, 3.8) is 0 Å². The Bertz CT molecular complexity index is 906. The molecule has 0 saturated heterocycles. The van der Waals surface area contributed by atoms with Gasteiger partial charge in [-0.1, -0.05) is 59.6 Å². The monoisotopic (exact) mass is 369 g/mol. The number of hydrogen-bond donors (Lipinski definition) is 0. The third kappa shape index (κ3) is 4.85. The summed E-state index contributed by atoms with van der Waals surface area (Å²) in [5, 5.41) is 1.42. The van der Waals surface area contributed by atoms with Crippen molar-refractivity contribution in [2.45, 2.75) is 13.5 Å². The molecule has 0 N–H and O–H groups in total. The van der Waals surface area contributed by atoms with Crippen molar-refractivity contribution >= 4 is 35.1 Å². The van der Waals surface area contributed by atoms with Crippen LogP contribution in [-0.4, -0.2) is 6.21 Å². The first kappa shape index (κ1) is 17.5. The lowest BCUT2D eigenvalue weighted by atomic mass is 10.2. The molecule has 3 rings (SSSR count). The van der Waals surface area contributed by atoms with Crippen LogP contribution in [0.3, 0.4) is 0 Å². The Balaban J connectivity index is 1.69. The van der Waals surface area contributed by atoms with Crippen LogP contribution in [0.5, 0.6) is 5.75 Å². The minimum absolute atomic E-state index is 0.424. The fourth-order valence-electron chi connectivity index (χ4n) is 2.27. The molecule has 0 aliphatic rings. The summed E-state index contributed by atoms with van der Waals surface area (Å²) in [5.74, 6) is 0.769. The third-order valence-electron chi connectivity index (χ3n) is 3.73. The Labute approximate surface area is 157 Å². The second-order valence-corrected chi connectivity index (χ2v) is 6.46. The van der Waals surface area contributed by atoms with Gasteiger partial charge in [-0.25, -0.2) is 0 Å². The summed E-state index contributed by atoms with van der Waals surface area (Å²) >= 11 is 12.3. The van der Waals surface area contributed by atoms with Crippen LogP contribution >= 0.6 is 23.2 Å². The van der Waals surface area contributed by atoms with Crippen LogP contribution in [0.2, 0.25) is 10.0 Å². The van der Waals surface area contributed by atoms with Crippen molar-refractivity contribution in [3.8, 4) is 5.75 Å². The number of benzene rings is 3. The maximum absolute atomic E-state index is 6.15. The number of aryl methyl sites for hydroxylation is 1. The highest BCUT2D eigenvalue weighted by atomic mass is 35.5. The normalized spacial score (nSPS) is 11.0. The van der Waals surface area contributed by atoms with Gasteiger partial charge in [0.1, 0.15) is 12.4 Å². The van der Waals surface area contributed by atoms with Crippen molar-refractivity contribution in [1.82, 2.24) is 0 Å². The van der Waals surface area contributed by atoms with E-state index < -0.39 is 0 Å². The molecule has 4 heteroatoms. The lowest BCUT2D eigenvalue weighted by Gasteiger charge is -2.08. The van der Waals surface area contributed by atoms with Crippen LogP contribution in [0.25, 0.3) is 0 Å². The topological polar surface area (TPSA) is 21.6 Å². The van der Waals surface area contributed by atoms with Crippen LogP contribution in [0.15, 0.2) is 71.7 Å². The maximum Gasteiger partial charge on any atom is 0.120 e. The molecule has 0 fully saturated rings. The number of rotatable bonds is 5. The van der Waals surface area contributed by atoms with Crippen LogP contribution < -0.4 is 4.74 Å². The molecule has 3 aromatic carbocycles. The van der Waals surface area contributed by atoms with Crippen molar-refractivity contribution in [2.24, 2.45) is 4.99 Å². The SMILES string of the molecule is Cc1ccc(N=Cc2cccc(OCc3ccccc3Cl)c2)cc1Cl. The van der Waals surface area contributed by atoms with E-state index in [0.29, 0.717) is 16.7 Å². The van der Waals surface area contributed by atoms with Crippen LogP contribution in [0.4, 0.5) is 5.69 Å². The molecule has 0 heterocycles. The number of nitrogens with zero attached hydrogens (tertiary/aromatic N) is 1. The summed E-state index contributed by atoms with van der Waals surface area (Å²) in [6, 6.07) is 21.2. The van der Waals surface area contributed by atoms with Gasteiger partial charge in [0, 0.05) is 21.8 Å². The predicted octanol–water partition coefficient (Wildman–Crippen LogP) is 6.63. The van der Waals surface area contributed by atoms with E-state index >= 15 is 0 Å². The summed E-state index contributed by atoms with van der Waals surface area (Å²) in [4.78, 5) is 4.47. The molecule has 2 nitrogen and oxygen atoms in total. The lowest BCUT2D eigenvalue weighted by molar-refractivity contribution is 0.306. The van der Waals surface area contributed by atoms with Crippen LogP contribution in [-0.2, 0) is 6.61 Å². The van der Waals surface area contributed by atoms with Gasteiger partial charge in [0.15, 0.2) is 0 Å². The highest BCUT2D eigenvalue weighted by Gasteiger charge is 2.01. The molecular formula is C21H17Cl2NO. The Hall–Kier alpha value is -2.29. The third-order valence-corrected chi connectivity index (χ3v) is 4.50. The molecule has 0 aliphatic heterocycles. The Kier molecular flexibility index (Phi) is 5.75. The van der Waals surface area contributed by atoms with Gasteiger partial charge < -0.3 is 4.74 Å². The highest BCUT2D eigenvalue weighted by molar-refractivity contribution is 6.31. The largest absolute Gasteiger partial charge is 0.489 e. The molecular weight excluding hydrogens is 353 g/mol. The van der Waals surface area contributed by atoms with E-state index in [1.807, 2.05) is 73.7 Å². The minimum atomic E-state index is 0.424. The lowest BCUT2D eigenvalue weighted by Crippen LogP contribution is -1.96. The summed E-state index contributed by atoms with van der Waals surface area (Å²) in [5.41, 5.74) is 3.76. The molecule has 0 amide bonds. The molecule has 0 spiro atoms. The number of aliphatic imine (C=N–C) groups is 1. The molecule has 0 aromatic heterocycles. The fourth-order valence-corrected chi connectivity index (χ4v) is 2.64. The highest BCUT2D eigenvalue weighted by Crippen LogP contribution is 2.23. The summed E-state index contributed by atoms with van der Waals surface area (Å²) in [7, 11) is 0. The molecule has 0 aliphatic carbocycles. The zero-order valence-electron chi connectivity index (χ0n) is 13.7. The molecule has 3 aromatic rings. The van der Waals surface area contributed by atoms with Gasteiger partial charge >= 0.3 is 0 Å². The molecule has 0 bridgehead atoms. The van der Waals surface area contributed by atoms with E-state index in [0.717, 1.165) is 28.1 Å². The molecule has 0 unspecified atom stereocenters. The van der Waals surface area contributed by atoms with E-state index in [9.17, 15) is 0 Å². The smallest absolute Gasteiger partial charge is 0.120 e. The van der Waals surface area contributed by atoms with Gasteiger partial charge in [0.05, 0.1) is 5.69 Å². The summed E-state index contributed by atoms with van der Waals surface area (Å²) in [6.45, 7) is 2.39. The molecule has 0 radical (unpaired) electrons. The van der Waals surface area contributed by atoms with Gasteiger partial charge in [-0.2, -0.15) is 0 Å². The molecule has 126 valence electrons. The number of halogens is 2. The average Bonchev–Trinajstić information content (AvgIpc) is 2.62. The number of hydrogen-bond acceptors (Lipinski definition) is 2. The van der Waals surface area contributed by atoms with E-state index in [-0.39, 0.29) is 0 Å². The molecule has 0 saturated carbocycles. The zero-order chi connectivity index (χ0) is 17.6. The van der Waals surface area contributed by atoms with Gasteiger partial charge in [0.2, 0.25) is 0 Å². The summed E-state index contributed by atoms with van der Waals surface area (Å²) in [6.07, 6.45) is 1.79. The van der Waals surface area contributed by atoms with Gasteiger partial charge in [-0.15, -0.1) is 0 Å². The first-order chi connectivity index (χ1) is 12.1. The quantitative estimate of drug-likeness (QED) is 0.462. The first-order valence-corrected chi connectivity index (χ1v) is 8.64.